The number of nitrogens with zero attached hydrogens (tertiary/aromatic N) is 2. The third-order valence-electron chi connectivity index (χ3n) is 3.89. The molecule has 2 rings (SSSR count). The zero-order valence-electron chi connectivity index (χ0n) is 12.4. The van der Waals surface area contributed by atoms with Crippen molar-refractivity contribution in [1.29, 1.82) is 0 Å². The SMILES string of the molecule is CC(CN1CCCOC1C(N)=O)N1CCCOC1C(N)=O. The molecule has 0 aromatic heterocycles. The summed E-state index contributed by atoms with van der Waals surface area (Å²) in [6, 6.07) is 0.00588. The summed E-state index contributed by atoms with van der Waals surface area (Å²) >= 11 is 0. The summed E-state index contributed by atoms with van der Waals surface area (Å²) in [4.78, 5) is 26.8. The lowest BCUT2D eigenvalue weighted by atomic mass is 10.1. The molecule has 0 saturated carbocycles. The molecule has 120 valence electrons. The summed E-state index contributed by atoms with van der Waals surface area (Å²) in [6.45, 7) is 5.11. The lowest BCUT2D eigenvalue weighted by molar-refractivity contribution is -0.164. The van der Waals surface area contributed by atoms with Crippen LogP contribution in [0, 0.1) is 0 Å². The van der Waals surface area contributed by atoms with E-state index < -0.39 is 24.3 Å². The molecule has 0 bridgehead atoms. The first-order chi connectivity index (χ1) is 10.0. The van der Waals surface area contributed by atoms with Gasteiger partial charge >= 0.3 is 0 Å². The topological polar surface area (TPSA) is 111 Å². The van der Waals surface area contributed by atoms with Crippen molar-refractivity contribution >= 4 is 11.8 Å². The third kappa shape index (κ3) is 3.91. The van der Waals surface area contributed by atoms with Crippen LogP contribution in [0.25, 0.3) is 0 Å². The number of carbonyl (C=O) groups is 2. The zero-order valence-corrected chi connectivity index (χ0v) is 12.4. The van der Waals surface area contributed by atoms with E-state index in [0.29, 0.717) is 19.8 Å². The number of rotatable bonds is 5. The second-order valence-corrected chi connectivity index (χ2v) is 5.54. The van der Waals surface area contributed by atoms with Crippen molar-refractivity contribution in [1.82, 2.24) is 9.80 Å². The predicted octanol–water partition coefficient (Wildman–Crippen LogP) is -1.56. The maximum atomic E-state index is 11.5. The molecular weight excluding hydrogens is 276 g/mol. The van der Waals surface area contributed by atoms with Crippen LogP contribution in [0.15, 0.2) is 0 Å². The molecule has 8 heteroatoms. The second kappa shape index (κ2) is 7.17. The molecule has 0 aromatic rings. The molecule has 2 amide bonds. The summed E-state index contributed by atoms with van der Waals surface area (Å²) in [6.07, 6.45) is 0.307. The van der Waals surface area contributed by atoms with Crippen molar-refractivity contribution in [3.8, 4) is 0 Å². The Balaban J connectivity index is 1.99. The Labute approximate surface area is 124 Å². The molecule has 8 nitrogen and oxygen atoms in total. The van der Waals surface area contributed by atoms with E-state index in [9.17, 15) is 9.59 Å². The maximum absolute atomic E-state index is 11.5. The van der Waals surface area contributed by atoms with Gasteiger partial charge in [0.15, 0.2) is 12.5 Å². The van der Waals surface area contributed by atoms with E-state index in [2.05, 4.69) is 0 Å². The van der Waals surface area contributed by atoms with Gasteiger partial charge < -0.3 is 20.9 Å². The lowest BCUT2D eigenvalue weighted by Gasteiger charge is -2.41. The molecule has 0 radical (unpaired) electrons. The Morgan fingerprint density at radius 1 is 1.10 bits per heavy atom. The van der Waals surface area contributed by atoms with E-state index in [1.165, 1.54) is 0 Å². The number of carbonyl (C=O) groups excluding carboxylic acids is 2. The molecule has 2 aliphatic heterocycles. The van der Waals surface area contributed by atoms with Gasteiger partial charge in [-0.1, -0.05) is 0 Å². The van der Waals surface area contributed by atoms with E-state index in [4.69, 9.17) is 20.9 Å². The van der Waals surface area contributed by atoms with Crippen molar-refractivity contribution in [2.45, 2.75) is 38.3 Å². The lowest BCUT2D eigenvalue weighted by Crippen LogP contribution is -2.59. The average Bonchev–Trinajstić information content (AvgIpc) is 2.47. The number of hydrogen-bond donors (Lipinski definition) is 2. The van der Waals surface area contributed by atoms with E-state index in [1.807, 2.05) is 16.7 Å². The van der Waals surface area contributed by atoms with Gasteiger partial charge in [0.25, 0.3) is 11.8 Å². The maximum Gasteiger partial charge on any atom is 0.261 e. The number of ether oxygens (including phenoxy) is 2. The highest BCUT2D eigenvalue weighted by Gasteiger charge is 2.35. The number of primary amides is 2. The predicted molar refractivity (Wildman–Crippen MR) is 74.8 cm³/mol. The summed E-state index contributed by atoms with van der Waals surface area (Å²) in [7, 11) is 0. The van der Waals surface area contributed by atoms with Crippen molar-refractivity contribution in [2.75, 3.05) is 32.8 Å². The monoisotopic (exact) mass is 300 g/mol. The van der Waals surface area contributed by atoms with Crippen LogP contribution in [0.4, 0.5) is 0 Å². The summed E-state index contributed by atoms with van der Waals surface area (Å²) < 4.78 is 10.9. The fourth-order valence-electron chi connectivity index (χ4n) is 2.93. The fraction of sp³-hybridized carbons (Fsp3) is 0.846. The van der Waals surface area contributed by atoms with Crippen LogP contribution in [0.5, 0.6) is 0 Å². The Hall–Kier alpha value is -1.22. The first kappa shape index (κ1) is 16.2. The fourth-order valence-corrected chi connectivity index (χ4v) is 2.93. The van der Waals surface area contributed by atoms with Crippen molar-refractivity contribution in [2.24, 2.45) is 11.5 Å². The summed E-state index contributed by atoms with van der Waals surface area (Å²) in [5.41, 5.74) is 10.8. The van der Waals surface area contributed by atoms with Crippen molar-refractivity contribution in [3.05, 3.63) is 0 Å². The van der Waals surface area contributed by atoms with Gasteiger partial charge in [-0.15, -0.1) is 0 Å². The van der Waals surface area contributed by atoms with Gasteiger partial charge in [-0.2, -0.15) is 0 Å². The van der Waals surface area contributed by atoms with E-state index >= 15 is 0 Å². The smallest absolute Gasteiger partial charge is 0.261 e. The number of hydrogen-bond acceptors (Lipinski definition) is 6. The van der Waals surface area contributed by atoms with E-state index in [0.717, 1.165) is 25.9 Å². The minimum Gasteiger partial charge on any atom is -0.366 e. The van der Waals surface area contributed by atoms with Gasteiger partial charge in [0, 0.05) is 25.7 Å². The highest BCUT2D eigenvalue weighted by molar-refractivity contribution is 5.79. The van der Waals surface area contributed by atoms with Crippen LogP contribution in [-0.4, -0.2) is 73.0 Å². The van der Waals surface area contributed by atoms with Gasteiger partial charge in [-0.3, -0.25) is 19.4 Å². The molecule has 2 fully saturated rings. The molecular formula is C13H24N4O4. The Kier molecular flexibility index (Phi) is 5.51. The van der Waals surface area contributed by atoms with Gasteiger partial charge in [0.1, 0.15) is 0 Å². The Morgan fingerprint density at radius 3 is 2.29 bits per heavy atom. The summed E-state index contributed by atoms with van der Waals surface area (Å²) in [5.74, 6) is -0.967. The van der Waals surface area contributed by atoms with Crippen LogP contribution in [0.2, 0.25) is 0 Å². The minimum absolute atomic E-state index is 0.00588. The molecule has 0 spiro atoms. The molecule has 3 atom stereocenters. The summed E-state index contributed by atoms with van der Waals surface area (Å²) in [5, 5.41) is 0. The highest BCUT2D eigenvalue weighted by atomic mass is 16.5. The van der Waals surface area contributed by atoms with Crippen molar-refractivity contribution in [3.63, 3.8) is 0 Å². The quantitative estimate of drug-likeness (QED) is 0.635. The van der Waals surface area contributed by atoms with E-state index in [1.54, 1.807) is 0 Å². The molecule has 0 aliphatic carbocycles. The van der Waals surface area contributed by atoms with Gasteiger partial charge in [-0.05, 0) is 19.8 Å². The second-order valence-electron chi connectivity index (χ2n) is 5.54. The molecule has 2 saturated heterocycles. The third-order valence-corrected chi connectivity index (χ3v) is 3.89. The zero-order chi connectivity index (χ0) is 15.4. The van der Waals surface area contributed by atoms with E-state index in [-0.39, 0.29) is 6.04 Å². The largest absolute Gasteiger partial charge is 0.366 e. The molecule has 21 heavy (non-hydrogen) atoms. The molecule has 2 heterocycles. The van der Waals surface area contributed by atoms with Crippen LogP contribution in [0.1, 0.15) is 19.8 Å². The van der Waals surface area contributed by atoms with Gasteiger partial charge in [0.05, 0.1) is 13.2 Å². The highest BCUT2D eigenvalue weighted by Crippen LogP contribution is 2.17. The van der Waals surface area contributed by atoms with Crippen LogP contribution in [0.3, 0.4) is 0 Å². The standard InChI is InChI=1S/C13H24N4O4/c1-9(17-5-3-7-21-13(17)11(15)19)8-16-4-2-6-20-12(16)10(14)18/h9,12-13H,2-8H2,1H3,(H2,14,18)(H2,15,19). The molecule has 0 aromatic carbocycles. The minimum atomic E-state index is -0.702. The van der Waals surface area contributed by atoms with Crippen molar-refractivity contribution < 1.29 is 19.1 Å². The number of nitrogens with two attached hydrogens (primary N) is 2. The molecule has 3 unspecified atom stereocenters. The van der Waals surface area contributed by atoms with Crippen LogP contribution >= 0.6 is 0 Å². The molecule has 2 aliphatic rings. The first-order valence-electron chi connectivity index (χ1n) is 7.32. The first-order valence-corrected chi connectivity index (χ1v) is 7.32. The molecule has 4 N–H and O–H groups in total. The van der Waals surface area contributed by atoms with Gasteiger partial charge in [0.2, 0.25) is 0 Å². The normalized spacial score (nSPS) is 30.0. The Bertz CT molecular complexity index is 392. The number of amides is 2. The van der Waals surface area contributed by atoms with Gasteiger partial charge in [-0.25, -0.2) is 0 Å². The van der Waals surface area contributed by atoms with Crippen LogP contribution in [-0.2, 0) is 19.1 Å². The Morgan fingerprint density at radius 2 is 1.67 bits per heavy atom. The van der Waals surface area contributed by atoms with Crippen LogP contribution < -0.4 is 11.5 Å². The average molecular weight is 300 g/mol.